The number of carbonyl (C=O) groups excluding carboxylic acids is 4. The topological polar surface area (TPSA) is 120 Å². The molecule has 0 aromatic heterocycles. The molecule has 1 heterocycles. The third-order valence-corrected chi connectivity index (χ3v) is 6.25. The SMILES string of the molecule is COC(=O)C1=C(C)NC(C)=C(C(=O)OC)C1C(=O)O[C@H](C(=O)Nc1ccc(Cl)c(C(F)(F)F)c1)c1ccccc1. The van der Waals surface area contributed by atoms with Gasteiger partial charge in [0.05, 0.1) is 36.0 Å². The standard InChI is InChI=1S/C27H24ClF3N2O7/c1-13-19(24(35)38-3)21(20(14(2)32-13)25(36)39-4)26(37)40-22(15-8-6-5-7-9-15)23(34)33-16-10-11-18(28)17(12-16)27(29,30)31/h5-12,21-22,32H,1-4H3,(H,33,34)/t22-/m0/s1. The number of anilines is 1. The minimum atomic E-state index is -4.79. The van der Waals surface area contributed by atoms with Crippen LogP contribution in [0.15, 0.2) is 71.1 Å². The van der Waals surface area contributed by atoms with Crippen molar-refractivity contribution >= 4 is 41.1 Å². The number of rotatable bonds is 7. The van der Waals surface area contributed by atoms with Crippen LogP contribution < -0.4 is 10.6 Å². The predicted molar refractivity (Wildman–Crippen MR) is 136 cm³/mol. The van der Waals surface area contributed by atoms with Gasteiger partial charge in [-0.1, -0.05) is 41.9 Å². The number of dihydropyridines is 1. The Hall–Kier alpha value is -4.32. The number of hydrogen-bond donors (Lipinski definition) is 2. The van der Waals surface area contributed by atoms with E-state index < -0.39 is 52.6 Å². The Balaban J connectivity index is 2.04. The molecule has 3 rings (SSSR count). The molecule has 0 saturated heterocycles. The van der Waals surface area contributed by atoms with Gasteiger partial charge in [0.15, 0.2) is 0 Å². The second-order valence-corrected chi connectivity index (χ2v) is 8.93. The fraction of sp³-hybridized carbons (Fsp3) is 0.259. The van der Waals surface area contributed by atoms with E-state index in [1.165, 1.54) is 26.0 Å². The Morgan fingerprint density at radius 3 is 1.98 bits per heavy atom. The van der Waals surface area contributed by atoms with Crippen molar-refractivity contribution in [3.8, 4) is 0 Å². The van der Waals surface area contributed by atoms with Crippen LogP contribution in [0.1, 0.15) is 31.1 Å². The number of benzene rings is 2. The molecule has 2 aromatic carbocycles. The molecule has 2 aromatic rings. The van der Waals surface area contributed by atoms with Crippen molar-refractivity contribution in [1.82, 2.24) is 5.32 Å². The zero-order valence-electron chi connectivity index (χ0n) is 21.6. The number of carbonyl (C=O) groups is 4. The van der Waals surface area contributed by atoms with E-state index in [0.29, 0.717) is 6.07 Å². The molecule has 13 heteroatoms. The Bertz CT molecular complexity index is 1370. The third kappa shape index (κ3) is 6.45. The van der Waals surface area contributed by atoms with Gasteiger partial charge in [0.2, 0.25) is 6.10 Å². The monoisotopic (exact) mass is 580 g/mol. The van der Waals surface area contributed by atoms with E-state index in [-0.39, 0.29) is 33.8 Å². The van der Waals surface area contributed by atoms with E-state index in [1.807, 2.05) is 0 Å². The number of halogens is 4. The first-order valence-corrected chi connectivity index (χ1v) is 12.0. The zero-order valence-corrected chi connectivity index (χ0v) is 22.4. The molecule has 0 saturated carbocycles. The van der Waals surface area contributed by atoms with Crippen molar-refractivity contribution in [3.05, 3.63) is 87.2 Å². The van der Waals surface area contributed by atoms with Gasteiger partial charge in [-0.3, -0.25) is 9.59 Å². The highest BCUT2D eigenvalue weighted by Crippen LogP contribution is 2.37. The van der Waals surface area contributed by atoms with Gasteiger partial charge in [-0.15, -0.1) is 0 Å². The number of nitrogens with one attached hydrogen (secondary N) is 2. The summed E-state index contributed by atoms with van der Waals surface area (Å²) < 4.78 is 55.2. The molecule has 1 amide bonds. The highest BCUT2D eigenvalue weighted by Gasteiger charge is 2.44. The molecule has 0 bridgehead atoms. The van der Waals surface area contributed by atoms with E-state index >= 15 is 0 Å². The number of allylic oxidation sites excluding steroid dienone is 2. The van der Waals surface area contributed by atoms with Gasteiger partial charge in [0.1, 0.15) is 5.92 Å². The largest absolute Gasteiger partial charge is 0.466 e. The third-order valence-electron chi connectivity index (χ3n) is 5.92. The van der Waals surface area contributed by atoms with Crippen LogP contribution in [0.4, 0.5) is 18.9 Å². The summed E-state index contributed by atoms with van der Waals surface area (Å²) in [5.41, 5.74) is -1.40. The van der Waals surface area contributed by atoms with Crippen molar-refractivity contribution in [2.24, 2.45) is 5.92 Å². The van der Waals surface area contributed by atoms with E-state index in [9.17, 15) is 32.3 Å². The smallest absolute Gasteiger partial charge is 0.417 e. The minimum Gasteiger partial charge on any atom is -0.466 e. The number of amides is 1. The van der Waals surface area contributed by atoms with Crippen LogP contribution in [0.3, 0.4) is 0 Å². The van der Waals surface area contributed by atoms with Crippen molar-refractivity contribution in [2.45, 2.75) is 26.1 Å². The molecule has 0 spiro atoms. The van der Waals surface area contributed by atoms with Crippen LogP contribution in [0.2, 0.25) is 5.02 Å². The van der Waals surface area contributed by atoms with Crippen LogP contribution in [-0.2, 0) is 39.6 Å². The van der Waals surface area contributed by atoms with Crippen LogP contribution in [-0.4, -0.2) is 38.0 Å². The van der Waals surface area contributed by atoms with E-state index in [0.717, 1.165) is 26.4 Å². The van der Waals surface area contributed by atoms with Crippen LogP contribution in [0, 0.1) is 5.92 Å². The molecule has 1 aliphatic heterocycles. The van der Waals surface area contributed by atoms with Crippen LogP contribution in [0.5, 0.6) is 0 Å². The molecule has 0 unspecified atom stereocenters. The van der Waals surface area contributed by atoms with Gasteiger partial charge in [-0.2, -0.15) is 13.2 Å². The Morgan fingerprint density at radius 1 is 0.925 bits per heavy atom. The first-order chi connectivity index (χ1) is 18.8. The zero-order chi connectivity index (χ0) is 29.8. The summed E-state index contributed by atoms with van der Waals surface area (Å²) in [6.07, 6.45) is -6.49. The maximum atomic E-state index is 13.6. The molecule has 1 aliphatic rings. The average molecular weight is 581 g/mol. The van der Waals surface area contributed by atoms with Crippen LogP contribution in [0.25, 0.3) is 0 Å². The summed E-state index contributed by atoms with van der Waals surface area (Å²) in [5.74, 6) is -5.72. The molecule has 212 valence electrons. The maximum absolute atomic E-state index is 13.6. The Kier molecular flexibility index (Phi) is 9.25. The summed E-state index contributed by atoms with van der Waals surface area (Å²) in [7, 11) is 2.16. The molecule has 9 nitrogen and oxygen atoms in total. The lowest BCUT2D eigenvalue weighted by Crippen LogP contribution is -2.39. The molecular formula is C27H24ClF3N2O7. The predicted octanol–water partition coefficient (Wildman–Crippen LogP) is 4.70. The van der Waals surface area contributed by atoms with Crippen molar-refractivity contribution < 1.29 is 46.6 Å². The van der Waals surface area contributed by atoms with E-state index in [1.54, 1.807) is 18.2 Å². The van der Waals surface area contributed by atoms with Gasteiger partial charge >= 0.3 is 24.1 Å². The molecule has 0 aliphatic carbocycles. The van der Waals surface area contributed by atoms with Gasteiger partial charge in [0, 0.05) is 22.6 Å². The Morgan fingerprint density at radius 2 is 1.48 bits per heavy atom. The molecule has 0 radical (unpaired) electrons. The highest BCUT2D eigenvalue weighted by atomic mass is 35.5. The second-order valence-electron chi connectivity index (χ2n) is 8.53. The lowest BCUT2D eigenvalue weighted by Gasteiger charge is -2.29. The molecule has 1 atom stereocenters. The molecular weight excluding hydrogens is 557 g/mol. The second kappa shape index (κ2) is 12.2. The molecule has 0 fully saturated rings. The lowest BCUT2D eigenvalue weighted by molar-refractivity contribution is -0.159. The van der Waals surface area contributed by atoms with Gasteiger partial charge in [-0.25, -0.2) is 9.59 Å². The number of alkyl halides is 3. The normalized spacial score (nSPS) is 14.7. The summed E-state index contributed by atoms with van der Waals surface area (Å²) in [6.45, 7) is 2.95. The quantitative estimate of drug-likeness (QED) is 0.357. The fourth-order valence-electron chi connectivity index (χ4n) is 4.10. The fourth-order valence-corrected chi connectivity index (χ4v) is 4.33. The van der Waals surface area contributed by atoms with Crippen molar-refractivity contribution in [1.29, 1.82) is 0 Å². The van der Waals surface area contributed by atoms with E-state index in [4.69, 9.17) is 25.8 Å². The first-order valence-electron chi connectivity index (χ1n) is 11.6. The highest BCUT2D eigenvalue weighted by molar-refractivity contribution is 6.31. The number of esters is 3. The lowest BCUT2D eigenvalue weighted by atomic mass is 9.85. The first kappa shape index (κ1) is 30.2. The molecule has 2 N–H and O–H groups in total. The maximum Gasteiger partial charge on any atom is 0.417 e. The molecule has 40 heavy (non-hydrogen) atoms. The number of methoxy groups -OCH3 is 2. The number of hydrogen-bond acceptors (Lipinski definition) is 8. The summed E-state index contributed by atoms with van der Waals surface area (Å²) >= 11 is 5.67. The summed E-state index contributed by atoms with van der Waals surface area (Å²) in [4.78, 5) is 52.3. The number of ether oxygens (including phenoxy) is 3. The van der Waals surface area contributed by atoms with Crippen molar-refractivity contribution in [3.63, 3.8) is 0 Å². The summed E-state index contributed by atoms with van der Waals surface area (Å²) in [6, 6.07) is 10.4. The average Bonchev–Trinajstić information content (AvgIpc) is 2.91. The van der Waals surface area contributed by atoms with E-state index in [2.05, 4.69) is 10.6 Å². The van der Waals surface area contributed by atoms with Gasteiger partial charge in [0.25, 0.3) is 5.91 Å². The Labute approximate surface area is 231 Å². The summed E-state index contributed by atoms with van der Waals surface area (Å²) in [5, 5.41) is 4.56. The minimum absolute atomic E-state index is 0.160. The van der Waals surface area contributed by atoms with Crippen LogP contribution >= 0.6 is 11.6 Å². The van der Waals surface area contributed by atoms with Gasteiger partial charge in [-0.05, 0) is 32.0 Å². The van der Waals surface area contributed by atoms with Gasteiger partial charge < -0.3 is 24.8 Å². The van der Waals surface area contributed by atoms with Crippen molar-refractivity contribution in [2.75, 3.05) is 19.5 Å².